The molecule has 3 nitrogen and oxygen atoms in total. The van der Waals surface area contributed by atoms with E-state index in [1.54, 1.807) is 7.11 Å². The zero-order valence-corrected chi connectivity index (χ0v) is 11.3. The molecular weight excluding hydrogens is 200 g/mol. The van der Waals surface area contributed by atoms with Crippen LogP contribution in [0.2, 0.25) is 0 Å². The van der Waals surface area contributed by atoms with Crippen molar-refractivity contribution in [1.29, 1.82) is 0 Å². The van der Waals surface area contributed by atoms with Crippen molar-refractivity contribution in [3.05, 3.63) is 0 Å². The monoisotopic (exact) mass is 228 g/mol. The van der Waals surface area contributed by atoms with Crippen molar-refractivity contribution < 1.29 is 4.74 Å². The first-order chi connectivity index (χ1) is 7.54. The van der Waals surface area contributed by atoms with Crippen LogP contribution in [0.3, 0.4) is 0 Å². The van der Waals surface area contributed by atoms with Gasteiger partial charge in [-0.2, -0.15) is 0 Å². The van der Waals surface area contributed by atoms with Crippen molar-refractivity contribution in [2.75, 3.05) is 20.2 Å². The summed E-state index contributed by atoms with van der Waals surface area (Å²) in [6.07, 6.45) is 4.94. The van der Waals surface area contributed by atoms with Crippen molar-refractivity contribution in [1.82, 2.24) is 4.90 Å². The minimum atomic E-state index is -0.0646. The van der Waals surface area contributed by atoms with Gasteiger partial charge in [-0.3, -0.25) is 4.90 Å². The Balaban J connectivity index is 2.55. The zero-order chi connectivity index (χ0) is 12.2. The molecule has 16 heavy (non-hydrogen) atoms. The van der Waals surface area contributed by atoms with E-state index in [0.717, 1.165) is 19.0 Å². The molecule has 0 aromatic carbocycles. The number of rotatable bonds is 8. The lowest BCUT2D eigenvalue weighted by Crippen LogP contribution is -2.46. The standard InChI is InChI=1S/C13H28N2O/c1-5-8-15(11-6-7-11)12(10-14)9-13(2,3)16-4/h11-12H,5-10,14H2,1-4H3. The molecule has 0 bridgehead atoms. The second kappa shape index (κ2) is 5.99. The molecule has 1 atom stereocenters. The molecule has 1 saturated carbocycles. The lowest BCUT2D eigenvalue weighted by atomic mass is 9.97. The molecule has 0 radical (unpaired) electrons. The summed E-state index contributed by atoms with van der Waals surface area (Å²) in [7, 11) is 1.79. The van der Waals surface area contributed by atoms with Crippen LogP contribution >= 0.6 is 0 Å². The summed E-state index contributed by atoms with van der Waals surface area (Å²) >= 11 is 0. The highest BCUT2D eigenvalue weighted by Crippen LogP contribution is 2.31. The van der Waals surface area contributed by atoms with Gasteiger partial charge in [0.25, 0.3) is 0 Å². The SMILES string of the molecule is CCCN(C1CC1)C(CN)CC(C)(C)OC. The highest BCUT2D eigenvalue weighted by molar-refractivity contribution is 4.91. The minimum absolute atomic E-state index is 0.0646. The van der Waals surface area contributed by atoms with E-state index in [4.69, 9.17) is 10.5 Å². The maximum absolute atomic E-state index is 5.93. The zero-order valence-electron chi connectivity index (χ0n) is 11.3. The Morgan fingerprint density at radius 3 is 2.44 bits per heavy atom. The first-order valence-corrected chi connectivity index (χ1v) is 6.55. The summed E-state index contributed by atoms with van der Waals surface area (Å²) in [6.45, 7) is 8.44. The fraction of sp³-hybridized carbons (Fsp3) is 1.00. The third-order valence-electron chi connectivity index (χ3n) is 3.52. The van der Waals surface area contributed by atoms with Gasteiger partial charge in [0.15, 0.2) is 0 Å². The number of hydrogen-bond donors (Lipinski definition) is 1. The molecule has 1 rings (SSSR count). The Morgan fingerprint density at radius 1 is 1.44 bits per heavy atom. The Bertz CT molecular complexity index is 202. The lowest BCUT2D eigenvalue weighted by molar-refractivity contribution is -0.00889. The molecule has 1 aliphatic carbocycles. The Hall–Kier alpha value is -0.120. The fourth-order valence-corrected chi connectivity index (χ4v) is 2.31. The lowest BCUT2D eigenvalue weighted by Gasteiger charge is -2.36. The highest BCUT2D eigenvalue weighted by Gasteiger charge is 2.35. The molecule has 1 fully saturated rings. The first kappa shape index (κ1) is 13.9. The third kappa shape index (κ3) is 4.04. The van der Waals surface area contributed by atoms with Crippen LogP contribution in [0.25, 0.3) is 0 Å². The van der Waals surface area contributed by atoms with Gasteiger partial charge in [0.2, 0.25) is 0 Å². The van der Waals surface area contributed by atoms with Crippen molar-refractivity contribution in [3.8, 4) is 0 Å². The summed E-state index contributed by atoms with van der Waals surface area (Å²) in [6, 6.07) is 1.27. The van der Waals surface area contributed by atoms with Crippen LogP contribution < -0.4 is 5.73 Å². The largest absolute Gasteiger partial charge is 0.379 e. The van der Waals surface area contributed by atoms with Gasteiger partial charge in [-0.05, 0) is 46.1 Å². The van der Waals surface area contributed by atoms with Crippen molar-refractivity contribution in [2.45, 2.75) is 64.1 Å². The molecule has 0 saturated heterocycles. The molecule has 0 aromatic rings. The second-order valence-corrected chi connectivity index (χ2v) is 5.53. The topological polar surface area (TPSA) is 38.5 Å². The number of nitrogens with zero attached hydrogens (tertiary/aromatic N) is 1. The number of ether oxygens (including phenoxy) is 1. The van der Waals surface area contributed by atoms with E-state index in [1.165, 1.54) is 25.8 Å². The number of methoxy groups -OCH3 is 1. The summed E-state index contributed by atoms with van der Waals surface area (Å²) < 4.78 is 5.52. The molecular formula is C13H28N2O. The molecule has 96 valence electrons. The molecule has 1 aliphatic rings. The summed E-state index contributed by atoms with van der Waals surface area (Å²) in [5.41, 5.74) is 5.87. The summed E-state index contributed by atoms with van der Waals surface area (Å²) in [5.74, 6) is 0. The van der Waals surface area contributed by atoms with Gasteiger partial charge in [0.1, 0.15) is 0 Å². The molecule has 0 aromatic heterocycles. The van der Waals surface area contributed by atoms with Crippen molar-refractivity contribution in [2.24, 2.45) is 5.73 Å². The van der Waals surface area contributed by atoms with Crippen LogP contribution in [0.1, 0.15) is 46.5 Å². The van der Waals surface area contributed by atoms with Gasteiger partial charge >= 0.3 is 0 Å². The van der Waals surface area contributed by atoms with Gasteiger partial charge in [0, 0.05) is 25.7 Å². The number of nitrogens with two attached hydrogens (primary N) is 1. The van der Waals surface area contributed by atoms with Crippen LogP contribution in [-0.4, -0.2) is 42.8 Å². The predicted molar refractivity (Wildman–Crippen MR) is 68.6 cm³/mol. The van der Waals surface area contributed by atoms with Crippen LogP contribution in [-0.2, 0) is 4.74 Å². The van der Waals surface area contributed by atoms with E-state index in [9.17, 15) is 0 Å². The van der Waals surface area contributed by atoms with E-state index >= 15 is 0 Å². The van der Waals surface area contributed by atoms with Crippen LogP contribution in [0.4, 0.5) is 0 Å². The van der Waals surface area contributed by atoms with Crippen LogP contribution in [0.5, 0.6) is 0 Å². The number of hydrogen-bond acceptors (Lipinski definition) is 3. The molecule has 0 spiro atoms. The van der Waals surface area contributed by atoms with E-state index < -0.39 is 0 Å². The van der Waals surface area contributed by atoms with E-state index in [1.807, 2.05) is 0 Å². The molecule has 0 amide bonds. The molecule has 1 unspecified atom stereocenters. The molecule has 0 aliphatic heterocycles. The van der Waals surface area contributed by atoms with Crippen LogP contribution in [0, 0.1) is 0 Å². The third-order valence-corrected chi connectivity index (χ3v) is 3.52. The summed E-state index contributed by atoms with van der Waals surface area (Å²) in [4.78, 5) is 2.60. The Morgan fingerprint density at radius 2 is 2.06 bits per heavy atom. The molecule has 2 N–H and O–H groups in total. The van der Waals surface area contributed by atoms with Crippen molar-refractivity contribution >= 4 is 0 Å². The Kier molecular flexibility index (Phi) is 5.22. The van der Waals surface area contributed by atoms with E-state index in [-0.39, 0.29) is 5.60 Å². The normalized spacial score (nSPS) is 19.1. The van der Waals surface area contributed by atoms with E-state index in [2.05, 4.69) is 25.7 Å². The van der Waals surface area contributed by atoms with Gasteiger partial charge in [-0.1, -0.05) is 6.92 Å². The van der Waals surface area contributed by atoms with E-state index in [0.29, 0.717) is 6.04 Å². The van der Waals surface area contributed by atoms with Crippen molar-refractivity contribution in [3.63, 3.8) is 0 Å². The van der Waals surface area contributed by atoms with Gasteiger partial charge < -0.3 is 10.5 Å². The van der Waals surface area contributed by atoms with Gasteiger partial charge in [-0.15, -0.1) is 0 Å². The second-order valence-electron chi connectivity index (χ2n) is 5.53. The van der Waals surface area contributed by atoms with Crippen LogP contribution in [0.15, 0.2) is 0 Å². The van der Waals surface area contributed by atoms with Gasteiger partial charge in [0.05, 0.1) is 5.60 Å². The smallest absolute Gasteiger partial charge is 0.0638 e. The maximum atomic E-state index is 5.93. The molecule has 3 heteroatoms. The maximum Gasteiger partial charge on any atom is 0.0638 e. The highest BCUT2D eigenvalue weighted by atomic mass is 16.5. The average molecular weight is 228 g/mol. The fourth-order valence-electron chi connectivity index (χ4n) is 2.31. The molecule has 0 heterocycles. The average Bonchev–Trinajstić information content (AvgIpc) is 3.07. The van der Waals surface area contributed by atoms with Gasteiger partial charge in [-0.25, -0.2) is 0 Å². The quantitative estimate of drug-likeness (QED) is 0.690. The minimum Gasteiger partial charge on any atom is -0.379 e. The first-order valence-electron chi connectivity index (χ1n) is 6.55. The predicted octanol–water partition coefficient (Wildman–Crippen LogP) is 2.00. The summed E-state index contributed by atoms with van der Waals surface area (Å²) in [5, 5.41) is 0. The Labute approximate surface area is 100 Å².